The molecule has 0 atom stereocenters. The molecular formula is C35H35F3N4O2. The molecule has 6 nitrogen and oxygen atoms in total. The Balaban J connectivity index is 1.41. The molecule has 2 amide bonds. The van der Waals surface area contributed by atoms with E-state index in [0.29, 0.717) is 33.6 Å². The third-order valence-corrected chi connectivity index (χ3v) is 7.71. The average Bonchev–Trinajstić information content (AvgIpc) is 3.04. The predicted octanol–water partition coefficient (Wildman–Crippen LogP) is 7.89. The van der Waals surface area contributed by atoms with Gasteiger partial charge in [-0.1, -0.05) is 37.6 Å². The van der Waals surface area contributed by atoms with Crippen LogP contribution in [0.2, 0.25) is 0 Å². The van der Waals surface area contributed by atoms with Crippen LogP contribution >= 0.6 is 0 Å². The van der Waals surface area contributed by atoms with Crippen molar-refractivity contribution < 1.29 is 22.8 Å². The predicted molar refractivity (Wildman–Crippen MR) is 167 cm³/mol. The molecule has 2 N–H and O–H groups in total. The minimum absolute atomic E-state index is 0.0662. The summed E-state index contributed by atoms with van der Waals surface area (Å²) in [5.41, 5.74) is 4.23. The number of carbonyl (C=O) groups excluding carboxylic acids is 2. The van der Waals surface area contributed by atoms with Crippen LogP contribution in [0.5, 0.6) is 0 Å². The minimum atomic E-state index is -4.46. The number of amides is 2. The molecule has 0 saturated carbocycles. The first-order valence-electron chi connectivity index (χ1n) is 14.9. The summed E-state index contributed by atoms with van der Waals surface area (Å²) in [4.78, 5) is 33.3. The fourth-order valence-corrected chi connectivity index (χ4v) is 5.41. The van der Waals surface area contributed by atoms with Gasteiger partial charge in [0.05, 0.1) is 16.9 Å². The molecule has 1 saturated heterocycles. The van der Waals surface area contributed by atoms with E-state index in [1.165, 1.54) is 24.8 Å². The van der Waals surface area contributed by atoms with Gasteiger partial charge in [0.1, 0.15) is 0 Å². The van der Waals surface area contributed by atoms with Gasteiger partial charge in [0, 0.05) is 48.2 Å². The molecule has 2 heterocycles. The minimum Gasteiger partial charge on any atom is -0.372 e. The normalized spacial score (nSPS) is 13.4. The first-order valence-corrected chi connectivity index (χ1v) is 14.9. The maximum Gasteiger partial charge on any atom is 0.416 e. The number of halogens is 3. The van der Waals surface area contributed by atoms with Gasteiger partial charge in [0.25, 0.3) is 11.8 Å². The maximum atomic E-state index is 13.3. The average molecular weight is 601 g/mol. The molecule has 44 heavy (non-hydrogen) atoms. The van der Waals surface area contributed by atoms with Gasteiger partial charge in [0.2, 0.25) is 0 Å². The number of aromatic nitrogens is 1. The lowest BCUT2D eigenvalue weighted by Gasteiger charge is -2.29. The van der Waals surface area contributed by atoms with Crippen LogP contribution in [-0.2, 0) is 19.1 Å². The molecule has 228 valence electrons. The number of nitrogens with one attached hydrogen (secondary N) is 2. The summed E-state index contributed by atoms with van der Waals surface area (Å²) in [5.74, 6) is -0.693. The van der Waals surface area contributed by atoms with Crippen LogP contribution in [0.3, 0.4) is 0 Å². The highest BCUT2D eigenvalue weighted by Crippen LogP contribution is 2.33. The summed E-state index contributed by atoms with van der Waals surface area (Å²) in [5, 5.41) is 5.76. The second kappa shape index (κ2) is 13.8. The van der Waals surface area contributed by atoms with Crippen molar-refractivity contribution in [2.45, 2.75) is 51.7 Å². The molecular weight excluding hydrogens is 565 g/mol. The van der Waals surface area contributed by atoms with E-state index in [4.69, 9.17) is 0 Å². The largest absolute Gasteiger partial charge is 0.416 e. The van der Waals surface area contributed by atoms with Gasteiger partial charge in [-0.3, -0.25) is 14.6 Å². The van der Waals surface area contributed by atoms with Gasteiger partial charge in [-0.05, 0) is 91.4 Å². The highest BCUT2D eigenvalue weighted by molar-refractivity contribution is 6.06. The SMILES string of the molecule is CCCc1cccc(C(=O)Nc2ccc(N3CCCCC3)cc2-c2cc(C(=O)NCc3cccc(C(F)(F)F)c3)ccn2)c1. The smallest absolute Gasteiger partial charge is 0.372 e. The number of hydrogen-bond acceptors (Lipinski definition) is 4. The molecule has 0 radical (unpaired) electrons. The molecule has 4 aromatic rings. The summed E-state index contributed by atoms with van der Waals surface area (Å²) >= 11 is 0. The molecule has 1 aliphatic heterocycles. The summed E-state index contributed by atoms with van der Waals surface area (Å²) in [6, 6.07) is 21.5. The Hall–Kier alpha value is -4.66. The first-order chi connectivity index (χ1) is 21.2. The van der Waals surface area contributed by atoms with E-state index in [1.54, 1.807) is 18.2 Å². The number of hydrogen-bond donors (Lipinski definition) is 2. The molecule has 0 spiro atoms. The number of piperidine rings is 1. The Morgan fingerprint density at radius 3 is 2.36 bits per heavy atom. The van der Waals surface area contributed by atoms with Gasteiger partial charge in [-0.2, -0.15) is 13.2 Å². The lowest BCUT2D eigenvalue weighted by molar-refractivity contribution is -0.137. The summed E-state index contributed by atoms with van der Waals surface area (Å²) in [7, 11) is 0. The zero-order valence-electron chi connectivity index (χ0n) is 24.6. The van der Waals surface area contributed by atoms with E-state index >= 15 is 0 Å². The fourth-order valence-electron chi connectivity index (χ4n) is 5.41. The van der Waals surface area contributed by atoms with Gasteiger partial charge in [0.15, 0.2) is 0 Å². The van der Waals surface area contributed by atoms with Gasteiger partial charge >= 0.3 is 6.18 Å². The van der Waals surface area contributed by atoms with Crippen molar-refractivity contribution in [3.63, 3.8) is 0 Å². The zero-order valence-corrected chi connectivity index (χ0v) is 24.6. The number of nitrogens with zero attached hydrogens (tertiary/aromatic N) is 2. The number of anilines is 2. The first kappa shape index (κ1) is 30.8. The van der Waals surface area contributed by atoms with Crippen molar-refractivity contribution in [1.82, 2.24) is 10.3 Å². The van der Waals surface area contributed by atoms with Crippen molar-refractivity contribution in [3.8, 4) is 11.3 Å². The van der Waals surface area contributed by atoms with Crippen molar-refractivity contribution in [2.75, 3.05) is 23.3 Å². The number of carbonyl (C=O) groups is 2. The van der Waals surface area contributed by atoms with Crippen molar-refractivity contribution in [1.29, 1.82) is 0 Å². The van der Waals surface area contributed by atoms with Crippen LogP contribution in [-0.4, -0.2) is 29.9 Å². The molecule has 9 heteroatoms. The van der Waals surface area contributed by atoms with Crippen molar-refractivity contribution in [3.05, 3.63) is 113 Å². The molecule has 0 bridgehead atoms. The van der Waals surface area contributed by atoms with Crippen LogP contribution in [0, 0.1) is 0 Å². The molecule has 1 aliphatic rings. The number of alkyl halides is 3. The summed E-state index contributed by atoms with van der Waals surface area (Å²) in [6.45, 7) is 3.89. The Morgan fingerprint density at radius 1 is 0.841 bits per heavy atom. The van der Waals surface area contributed by atoms with E-state index < -0.39 is 17.6 Å². The summed E-state index contributed by atoms with van der Waals surface area (Å²) in [6.07, 6.45) is 2.29. The third-order valence-electron chi connectivity index (χ3n) is 7.71. The van der Waals surface area contributed by atoms with Crippen molar-refractivity contribution in [2.24, 2.45) is 0 Å². The zero-order chi connectivity index (χ0) is 31.1. The molecule has 0 aliphatic carbocycles. The van der Waals surface area contributed by atoms with Crippen LogP contribution < -0.4 is 15.5 Å². The van der Waals surface area contributed by atoms with E-state index in [2.05, 4.69) is 27.4 Å². The standard InChI is InChI=1S/C35H35F3N4O2/c1-2-8-24-9-6-11-26(19-24)34(44)41-31-14-13-29(42-17-4-3-5-18-42)22-30(31)32-21-27(15-16-39-32)33(43)40-23-25-10-7-12-28(20-25)35(36,37)38/h6-7,9-16,19-22H,2-5,8,17-18,23H2,1H3,(H,40,43)(H,41,44). The highest BCUT2D eigenvalue weighted by Gasteiger charge is 2.30. The Labute approximate surface area is 255 Å². The second-order valence-corrected chi connectivity index (χ2v) is 11.0. The van der Waals surface area contributed by atoms with Crippen LogP contribution in [0.1, 0.15) is 70.0 Å². The second-order valence-electron chi connectivity index (χ2n) is 11.0. The number of rotatable bonds is 9. The fraction of sp³-hybridized carbons (Fsp3) is 0.286. The molecule has 0 unspecified atom stereocenters. The van der Waals surface area contributed by atoms with Gasteiger partial charge in [-0.25, -0.2) is 0 Å². The van der Waals surface area contributed by atoms with E-state index in [1.807, 2.05) is 36.4 Å². The van der Waals surface area contributed by atoms with Crippen LogP contribution in [0.25, 0.3) is 11.3 Å². The summed E-state index contributed by atoms with van der Waals surface area (Å²) < 4.78 is 39.4. The lowest BCUT2D eigenvalue weighted by Crippen LogP contribution is -2.29. The number of pyridine rings is 1. The van der Waals surface area contributed by atoms with Crippen LogP contribution in [0.4, 0.5) is 24.5 Å². The van der Waals surface area contributed by atoms with Crippen molar-refractivity contribution >= 4 is 23.2 Å². The number of aryl methyl sites for hydroxylation is 1. The van der Waals surface area contributed by atoms with Gasteiger partial charge in [-0.15, -0.1) is 0 Å². The van der Waals surface area contributed by atoms with Crippen LogP contribution in [0.15, 0.2) is 85.1 Å². The van der Waals surface area contributed by atoms with Gasteiger partial charge < -0.3 is 15.5 Å². The Bertz CT molecular complexity index is 1630. The quantitative estimate of drug-likeness (QED) is 0.205. The Morgan fingerprint density at radius 2 is 1.59 bits per heavy atom. The maximum absolute atomic E-state index is 13.3. The monoisotopic (exact) mass is 600 g/mol. The molecule has 3 aromatic carbocycles. The van der Waals surface area contributed by atoms with E-state index in [9.17, 15) is 22.8 Å². The molecule has 1 fully saturated rings. The Kier molecular flexibility index (Phi) is 9.62. The molecule has 5 rings (SSSR count). The topological polar surface area (TPSA) is 74.3 Å². The number of benzene rings is 3. The molecule has 1 aromatic heterocycles. The third kappa shape index (κ3) is 7.64. The van der Waals surface area contributed by atoms with E-state index in [0.717, 1.165) is 62.2 Å². The highest BCUT2D eigenvalue weighted by atomic mass is 19.4. The lowest BCUT2D eigenvalue weighted by atomic mass is 10.0. The van der Waals surface area contributed by atoms with E-state index in [-0.39, 0.29) is 12.5 Å².